The molecule has 0 spiro atoms. The van der Waals surface area contributed by atoms with Crippen molar-refractivity contribution in [2.24, 2.45) is 0 Å². The number of nitrogens with one attached hydrogen (secondary N) is 1. The fraction of sp³-hybridized carbons (Fsp3) is 0.385. The van der Waals surface area contributed by atoms with Gasteiger partial charge in [0.2, 0.25) is 5.91 Å². The van der Waals surface area contributed by atoms with E-state index in [-0.39, 0.29) is 51.5 Å². The van der Waals surface area contributed by atoms with Crippen LogP contribution in [0.1, 0.15) is 18.4 Å². The van der Waals surface area contributed by atoms with Crippen LogP contribution in [0.2, 0.25) is 5.02 Å². The van der Waals surface area contributed by atoms with Crippen molar-refractivity contribution < 1.29 is 31.5 Å². The summed E-state index contributed by atoms with van der Waals surface area (Å²) in [6, 6.07) is 10.0. The van der Waals surface area contributed by atoms with Crippen molar-refractivity contribution >= 4 is 35.4 Å². The van der Waals surface area contributed by atoms with Crippen LogP contribution >= 0.6 is 23.5 Å². The minimum Gasteiger partial charge on any atom is -0.350 e. The second kappa shape index (κ2) is 11.6. The first kappa shape index (κ1) is 28.4. The van der Waals surface area contributed by atoms with E-state index in [1.807, 2.05) is 0 Å². The van der Waals surface area contributed by atoms with Gasteiger partial charge in [0.05, 0.1) is 18.7 Å². The lowest BCUT2D eigenvalue weighted by Crippen LogP contribution is -2.51. The smallest absolute Gasteiger partial charge is 0.350 e. The molecule has 2 aromatic rings. The SMILES string of the molecule is O=C(/C=C/CNC(=O)C1(F)CCN(Sc2ccc(C(F)(F)F)cc2-c2ccccc2Cl)CC1)N1CC(F)C1. The van der Waals surface area contributed by atoms with E-state index < -0.39 is 29.5 Å². The van der Waals surface area contributed by atoms with Crippen LogP contribution in [0.5, 0.6) is 0 Å². The zero-order chi connectivity index (χ0) is 27.5. The van der Waals surface area contributed by atoms with Crippen molar-refractivity contribution in [3.05, 3.63) is 65.2 Å². The third-order valence-electron chi connectivity index (χ3n) is 6.41. The summed E-state index contributed by atoms with van der Waals surface area (Å²) in [6.45, 7) is 0.416. The second-order valence-electron chi connectivity index (χ2n) is 9.13. The third kappa shape index (κ3) is 6.68. The summed E-state index contributed by atoms with van der Waals surface area (Å²) in [6.07, 6.45) is -3.15. The van der Waals surface area contributed by atoms with Gasteiger partial charge in [-0.2, -0.15) is 13.2 Å². The number of halogens is 6. The van der Waals surface area contributed by atoms with Crippen LogP contribution in [0, 0.1) is 0 Å². The van der Waals surface area contributed by atoms with Crippen molar-refractivity contribution in [1.82, 2.24) is 14.5 Å². The molecular weight excluding hydrogens is 549 g/mol. The Morgan fingerprint density at radius 3 is 2.42 bits per heavy atom. The van der Waals surface area contributed by atoms with Gasteiger partial charge in [0.25, 0.3) is 5.91 Å². The largest absolute Gasteiger partial charge is 0.416 e. The van der Waals surface area contributed by atoms with Gasteiger partial charge in [-0.1, -0.05) is 35.9 Å². The molecule has 2 fully saturated rings. The zero-order valence-corrected chi connectivity index (χ0v) is 21.7. The van der Waals surface area contributed by atoms with Crippen LogP contribution in [0.15, 0.2) is 59.5 Å². The molecule has 1 N–H and O–H groups in total. The number of hydrogen-bond acceptors (Lipinski definition) is 4. The number of alkyl halides is 5. The van der Waals surface area contributed by atoms with E-state index in [9.17, 15) is 27.2 Å². The average molecular weight is 574 g/mol. The summed E-state index contributed by atoms with van der Waals surface area (Å²) >= 11 is 7.46. The maximum atomic E-state index is 15.3. The van der Waals surface area contributed by atoms with E-state index in [1.54, 1.807) is 28.6 Å². The maximum absolute atomic E-state index is 15.3. The van der Waals surface area contributed by atoms with Gasteiger partial charge < -0.3 is 10.2 Å². The molecule has 12 heteroatoms. The Hall–Kier alpha value is -2.63. The fourth-order valence-corrected chi connectivity index (χ4v) is 5.43. The van der Waals surface area contributed by atoms with Gasteiger partial charge >= 0.3 is 6.18 Å². The molecule has 0 bridgehead atoms. The maximum Gasteiger partial charge on any atom is 0.416 e. The van der Waals surface area contributed by atoms with Crippen LogP contribution < -0.4 is 5.32 Å². The first-order valence-electron chi connectivity index (χ1n) is 11.9. The molecule has 204 valence electrons. The van der Waals surface area contributed by atoms with Gasteiger partial charge in [-0.05, 0) is 41.8 Å². The molecule has 2 heterocycles. The first-order valence-corrected chi connectivity index (χ1v) is 13.1. The summed E-state index contributed by atoms with van der Waals surface area (Å²) < 4.78 is 70.1. The molecule has 0 aromatic heterocycles. The van der Waals surface area contributed by atoms with E-state index in [1.165, 1.54) is 35.1 Å². The molecule has 38 heavy (non-hydrogen) atoms. The molecule has 0 unspecified atom stereocenters. The van der Waals surface area contributed by atoms with Crippen LogP contribution in [0.25, 0.3) is 11.1 Å². The molecule has 5 nitrogen and oxygen atoms in total. The van der Waals surface area contributed by atoms with E-state index in [4.69, 9.17) is 11.6 Å². The summed E-state index contributed by atoms with van der Waals surface area (Å²) in [5.41, 5.74) is -2.16. The van der Waals surface area contributed by atoms with Crippen LogP contribution in [-0.2, 0) is 15.8 Å². The lowest BCUT2D eigenvalue weighted by Gasteiger charge is -2.34. The molecule has 2 aliphatic rings. The van der Waals surface area contributed by atoms with Gasteiger partial charge in [0.15, 0.2) is 5.67 Å². The molecule has 0 atom stereocenters. The van der Waals surface area contributed by atoms with Gasteiger partial charge in [-0.15, -0.1) is 0 Å². The Morgan fingerprint density at radius 1 is 1.11 bits per heavy atom. The lowest BCUT2D eigenvalue weighted by molar-refractivity contribution is -0.137. The van der Waals surface area contributed by atoms with E-state index >= 15 is 4.39 Å². The number of hydrogen-bond donors (Lipinski definition) is 1. The fourth-order valence-electron chi connectivity index (χ4n) is 4.15. The standard InChI is InChI=1S/C26H25ClF5N3O2S/c27-21-5-2-1-4-19(21)20-14-17(26(30,31)32)7-8-22(20)38-35-12-9-25(29,10-13-35)24(37)33-11-3-6-23(36)34-15-18(28)16-34/h1-8,14,18H,9-13,15-16H2,(H,33,37)/b6-3+. The summed E-state index contributed by atoms with van der Waals surface area (Å²) in [5, 5.41) is 2.77. The van der Waals surface area contributed by atoms with Crippen molar-refractivity contribution in [1.29, 1.82) is 0 Å². The van der Waals surface area contributed by atoms with Crippen LogP contribution in [0.3, 0.4) is 0 Å². The quantitative estimate of drug-likeness (QED) is 0.263. The van der Waals surface area contributed by atoms with Crippen molar-refractivity contribution in [3.8, 4) is 11.1 Å². The van der Waals surface area contributed by atoms with Crippen molar-refractivity contribution in [2.75, 3.05) is 32.7 Å². The Kier molecular flexibility index (Phi) is 8.68. The molecule has 2 aromatic carbocycles. The second-order valence-corrected chi connectivity index (χ2v) is 10.7. The van der Waals surface area contributed by atoms with E-state index in [0.29, 0.717) is 21.0 Å². The number of benzene rings is 2. The van der Waals surface area contributed by atoms with E-state index in [2.05, 4.69) is 5.32 Å². The number of nitrogens with zero attached hydrogens (tertiary/aromatic N) is 2. The number of amides is 2. The predicted octanol–water partition coefficient (Wildman–Crippen LogP) is 5.69. The average Bonchev–Trinajstić information content (AvgIpc) is 2.86. The highest BCUT2D eigenvalue weighted by Gasteiger charge is 2.42. The van der Waals surface area contributed by atoms with Crippen molar-refractivity contribution in [2.45, 2.75) is 35.8 Å². The minimum atomic E-state index is -4.53. The monoisotopic (exact) mass is 573 g/mol. The number of carbonyl (C=O) groups excluding carboxylic acids is 2. The normalized spacial score (nSPS) is 18.4. The molecule has 0 saturated carbocycles. The topological polar surface area (TPSA) is 52.7 Å². The molecule has 2 amide bonds. The van der Waals surface area contributed by atoms with Gasteiger partial charge in [0, 0.05) is 54.0 Å². The van der Waals surface area contributed by atoms with Crippen molar-refractivity contribution in [3.63, 3.8) is 0 Å². The van der Waals surface area contributed by atoms with Gasteiger partial charge in [-0.3, -0.25) is 9.59 Å². The zero-order valence-electron chi connectivity index (χ0n) is 20.1. The molecule has 0 aliphatic carbocycles. The third-order valence-corrected chi connectivity index (χ3v) is 7.92. The molecule has 2 saturated heterocycles. The number of carbonyl (C=O) groups is 2. The summed E-state index contributed by atoms with van der Waals surface area (Å²) in [7, 11) is 0. The number of likely N-dealkylation sites (tertiary alicyclic amines) is 1. The van der Waals surface area contributed by atoms with Crippen LogP contribution in [0.4, 0.5) is 22.0 Å². The Labute approximate surface area is 226 Å². The molecule has 4 rings (SSSR count). The Balaban J connectivity index is 1.36. The number of rotatable bonds is 7. The Bertz CT molecular complexity index is 1210. The highest BCUT2D eigenvalue weighted by molar-refractivity contribution is 7.97. The molecule has 2 aliphatic heterocycles. The molecule has 0 radical (unpaired) electrons. The first-order chi connectivity index (χ1) is 18.0. The minimum absolute atomic E-state index is 0.0456. The predicted molar refractivity (Wildman–Crippen MR) is 136 cm³/mol. The summed E-state index contributed by atoms with van der Waals surface area (Å²) in [4.78, 5) is 26.1. The lowest BCUT2D eigenvalue weighted by atomic mass is 9.93. The van der Waals surface area contributed by atoms with Crippen LogP contribution in [-0.4, -0.2) is 65.6 Å². The molecular formula is C26H25ClF5N3O2S. The van der Waals surface area contributed by atoms with Gasteiger partial charge in [-0.25, -0.2) is 13.1 Å². The summed E-state index contributed by atoms with van der Waals surface area (Å²) in [5.74, 6) is -1.16. The van der Waals surface area contributed by atoms with Gasteiger partial charge in [0.1, 0.15) is 6.17 Å². The van der Waals surface area contributed by atoms with E-state index in [0.717, 1.165) is 12.1 Å². The highest BCUT2D eigenvalue weighted by Crippen LogP contribution is 2.42. The number of piperidine rings is 1. The Morgan fingerprint density at radius 2 is 1.79 bits per heavy atom. The highest BCUT2D eigenvalue weighted by atomic mass is 35.5.